The lowest BCUT2D eigenvalue weighted by atomic mass is 10.0. The number of carbonyl (C=O) groups is 1. The SMILES string of the molecule is CNCc1cc(C)c(-c2cc3c(I)nn(C(=O)OC(C)(C)C)c3cn2)c(F)c1. The zero-order chi connectivity index (χ0) is 20.6. The molecule has 2 aromatic heterocycles. The summed E-state index contributed by atoms with van der Waals surface area (Å²) in [5.41, 5.74) is 2.50. The maximum atomic E-state index is 14.8. The van der Waals surface area contributed by atoms with E-state index in [1.165, 1.54) is 16.9 Å². The summed E-state index contributed by atoms with van der Waals surface area (Å²) in [6.07, 6.45) is 0.957. The summed E-state index contributed by atoms with van der Waals surface area (Å²) < 4.78 is 22.0. The first-order chi connectivity index (χ1) is 13.1. The van der Waals surface area contributed by atoms with Crippen LogP contribution in [0.5, 0.6) is 0 Å². The molecule has 3 rings (SSSR count). The van der Waals surface area contributed by atoms with Gasteiger partial charge in [0.15, 0.2) is 0 Å². The first kappa shape index (κ1) is 20.7. The number of nitrogens with one attached hydrogen (secondary N) is 1. The van der Waals surface area contributed by atoms with Crippen LogP contribution in [0.4, 0.5) is 9.18 Å². The number of rotatable bonds is 3. The second-order valence-electron chi connectivity index (χ2n) is 7.57. The second kappa shape index (κ2) is 7.75. The Labute approximate surface area is 176 Å². The van der Waals surface area contributed by atoms with Gasteiger partial charge in [0.05, 0.1) is 11.9 Å². The van der Waals surface area contributed by atoms with Gasteiger partial charge < -0.3 is 10.1 Å². The molecular weight excluding hydrogens is 474 g/mol. The van der Waals surface area contributed by atoms with Gasteiger partial charge >= 0.3 is 6.09 Å². The number of hydrogen-bond acceptors (Lipinski definition) is 5. The van der Waals surface area contributed by atoms with E-state index in [-0.39, 0.29) is 5.82 Å². The number of halogens is 2. The molecule has 0 fully saturated rings. The van der Waals surface area contributed by atoms with Gasteiger partial charge in [0, 0.05) is 17.5 Å². The summed E-state index contributed by atoms with van der Waals surface area (Å²) in [6.45, 7) is 7.83. The third-order valence-electron chi connectivity index (χ3n) is 4.07. The van der Waals surface area contributed by atoms with Crippen molar-refractivity contribution in [3.05, 3.63) is 45.0 Å². The van der Waals surface area contributed by atoms with Crippen molar-refractivity contribution in [2.45, 2.75) is 39.8 Å². The molecule has 0 radical (unpaired) electrons. The molecule has 0 bridgehead atoms. The number of pyridine rings is 1. The quantitative estimate of drug-likeness (QED) is 0.535. The molecule has 0 aliphatic carbocycles. The molecule has 6 nitrogen and oxygen atoms in total. The molecule has 148 valence electrons. The number of hydrogen-bond donors (Lipinski definition) is 1. The Morgan fingerprint density at radius 3 is 2.64 bits per heavy atom. The highest BCUT2D eigenvalue weighted by Crippen LogP contribution is 2.30. The summed E-state index contributed by atoms with van der Waals surface area (Å²) in [5, 5.41) is 8.02. The van der Waals surface area contributed by atoms with Crippen LogP contribution >= 0.6 is 22.6 Å². The Hall–Kier alpha value is -2.07. The van der Waals surface area contributed by atoms with Gasteiger partial charge in [-0.2, -0.15) is 9.78 Å². The van der Waals surface area contributed by atoms with Gasteiger partial charge in [-0.3, -0.25) is 4.98 Å². The van der Waals surface area contributed by atoms with Gasteiger partial charge in [-0.15, -0.1) is 0 Å². The molecule has 0 spiro atoms. The minimum atomic E-state index is -0.635. The van der Waals surface area contributed by atoms with E-state index in [1.807, 2.05) is 42.6 Å². The maximum Gasteiger partial charge on any atom is 0.435 e. The molecule has 0 saturated carbocycles. The van der Waals surface area contributed by atoms with Crippen LogP contribution in [-0.2, 0) is 11.3 Å². The van der Waals surface area contributed by atoms with Gasteiger partial charge in [-0.05, 0) is 80.6 Å². The first-order valence-corrected chi connectivity index (χ1v) is 9.90. The second-order valence-corrected chi connectivity index (χ2v) is 8.59. The molecule has 2 heterocycles. The van der Waals surface area contributed by atoms with Crippen LogP contribution in [0.2, 0.25) is 0 Å². The van der Waals surface area contributed by atoms with Crippen LogP contribution in [-0.4, -0.2) is 33.5 Å². The normalized spacial score (nSPS) is 11.8. The number of benzene rings is 1. The average Bonchev–Trinajstić information content (AvgIpc) is 2.90. The number of aryl methyl sites for hydroxylation is 1. The van der Waals surface area contributed by atoms with E-state index in [9.17, 15) is 9.18 Å². The Bertz CT molecular complexity index is 1030. The van der Waals surface area contributed by atoms with E-state index in [0.717, 1.165) is 16.5 Å². The number of aromatic nitrogens is 3. The van der Waals surface area contributed by atoms with Crippen molar-refractivity contribution in [3.8, 4) is 11.3 Å². The van der Waals surface area contributed by atoms with E-state index >= 15 is 0 Å². The van der Waals surface area contributed by atoms with Crippen molar-refractivity contribution in [1.82, 2.24) is 20.1 Å². The van der Waals surface area contributed by atoms with Crippen molar-refractivity contribution in [2.24, 2.45) is 0 Å². The smallest absolute Gasteiger partial charge is 0.435 e. The standard InChI is InChI=1S/C20H22FIN4O2/c1-11-6-12(9-23-5)7-14(21)17(11)15-8-13-16(10-24-15)26(25-18(13)22)19(27)28-20(2,3)4/h6-8,10,23H,9H2,1-5H3. The van der Waals surface area contributed by atoms with Crippen molar-refractivity contribution < 1.29 is 13.9 Å². The molecule has 0 aliphatic rings. The molecule has 0 aliphatic heterocycles. The summed E-state index contributed by atoms with van der Waals surface area (Å²) in [7, 11) is 1.82. The Morgan fingerprint density at radius 1 is 1.32 bits per heavy atom. The Morgan fingerprint density at radius 2 is 2.04 bits per heavy atom. The van der Waals surface area contributed by atoms with E-state index in [0.29, 0.717) is 27.0 Å². The third kappa shape index (κ3) is 4.17. The van der Waals surface area contributed by atoms with Crippen LogP contribution < -0.4 is 5.32 Å². The van der Waals surface area contributed by atoms with Crippen LogP contribution in [0.1, 0.15) is 31.9 Å². The lowest BCUT2D eigenvalue weighted by Gasteiger charge is -2.19. The number of fused-ring (bicyclic) bond motifs is 1. The molecule has 0 amide bonds. The predicted octanol–water partition coefficient (Wildman–Crippen LogP) is 4.65. The van der Waals surface area contributed by atoms with Gasteiger partial charge in [0.2, 0.25) is 0 Å². The first-order valence-electron chi connectivity index (χ1n) is 8.82. The molecule has 8 heteroatoms. The summed E-state index contributed by atoms with van der Waals surface area (Å²) in [4.78, 5) is 16.8. The fraction of sp³-hybridized carbons (Fsp3) is 0.350. The molecule has 1 aromatic carbocycles. The number of carbonyl (C=O) groups excluding carboxylic acids is 1. The van der Waals surface area contributed by atoms with Gasteiger partial charge in [-0.1, -0.05) is 6.07 Å². The highest BCUT2D eigenvalue weighted by atomic mass is 127. The van der Waals surface area contributed by atoms with E-state index in [2.05, 4.69) is 15.4 Å². The lowest BCUT2D eigenvalue weighted by Crippen LogP contribution is -2.27. The van der Waals surface area contributed by atoms with Crippen LogP contribution in [0.3, 0.4) is 0 Å². The fourth-order valence-electron chi connectivity index (χ4n) is 3.00. The summed E-state index contributed by atoms with van der Waals surface area (Å²) in [6, 6.07) is 5.21. The zero-order valence-corrected chi connectivity index (χ0v) is 18.6. The average molecular weight is 496 g/mol. The lowest BCUT2D eigenvalue weighted by molar-refractivity contribution is 0.0522. The molecule has 0 saturated heterocycles. The summed E-state index contributed by atoms with van der Waals surface area (Å²) in [5.74, 6) is -0.327. The number of ether oxygens (including phenoxy) is 1. The molecule has 0 atom stereocenters. The van der Waals surface area contributed by atoms with Crippen LogP contribution in [0.25, 0.3) is 22.2 Å². The van der Waals surface area contributed by atoms with Gasteiger partial charge in [0.1, 0.15) is 20.6 Å². The molecule has 3 aromatic rings. The zero-order valence-electron chi connectivity index (χ0n) is 16.4. The minimum absolute atomic E-state index is 0.327. The highest BCUT2D eigenvalue weighted by Gasteiger charge is 2.22. The van der Waals surface area contributed by atoms with E-state index < -0.39 is 11.7 Å². The van der Waals surface area contributed by atoms with Crippen LogP contribution in [0, 0.1) is 16.4 Å². The predicted molar refractivity (Wildman–Crippen MR) is 115 cm³/mol. The third-order valence-corrected chi connectivity index (χ3v) is 4.87. The monoisotopic (exact) mass is 496 g/mol. The highest BCUT2D eigenvalue weighted by molar-refractivity contribution is 14.1. The van der Waals surface area contributed by atoms with E-state index in [4.69, 9.17) is 4.74 Å². The van der Waals surface area contributed by atoms with Crippen molar-refractivity contribution in [2.75, 3.05) is 7.05 Å². The topological polar surface area (TPSA) is 69.0 Å². The van der Waals surface area contributed by atoms with Crippen LogP contribution in [0.15, 0.2) is 24.4 Å². The molecule has 28 heavy (non-hydrogen) atoms. The fourth-order valence-corrected chi connectivity index (χ4v) is 3.65. The Kier molecular flexibility index (Phi) is 5.72. The minimum Gasteiger partial charge on any atom is -0.442 e. The van der Waals surface area contributed by atoms with Crippen molar-refractivity contribution in [3.63, 3.8) is 0 Å². The maximum absolute atomic E-state index is 14.8. The van der Waals surface area contributed by atoms with Crippen molar-refractivity contribution in [1.29, 1.82) is 0 Å². The van der Waals surface area contributed by atoms with Gasteiger partial charge in [0.25, 0.3) is 0 Å². The number of nitrogens with zero attached hydrogens (tertiary/aromatic N) is 3. The van der Waals surface area contributed by atoms with E-state index in [1.54, 1.807) is 26.8 Å². The molecule has 0 unspecified atom stereocenters. The molecule has 1 N–H and O–H groups in total. The Balaban J connectivity index is 2.07. The van der Waals surface area contributed by atoms with Crippen molar-refractivity contribution >= 4 is 39.6 Å². The molecular formula is C20H22FIN4O2. The summed E-state index contributed by atoms with van der Waals surface area (Å²) >= 11 is 2.05. The largest absolute Gasteiger partial charge is 0.442 e. The van der Waals surface area contributed by atoms with Gasteiger partial charge in [-0.25, -0.2) is 9.18 Å².